The summed E-state index contributed by atoms with van der Waals surface area (Å²) in [4.78, 5) is 8.87. The number of hydrogen-bond acceptors (Lipinski definition) is 2. The predicted molar refractivity (Wildman–Crippen MR) is 32.0 cm³/mol. The summed E-state index contributed by atoms with van der Waals surface area (Å²) in [5.74, 6) is 0. The van der Waals surface area contributed by atoms with Gasteiger partial charge in [-0.3, -0.25) is 0 Å². The van der Waals surface area contributed by atoms with Crippen LogP contribution in [0.4, 0.5) is 0 Å². The first-order valence-corrected chi connectivity index (χ1v) is 2.31. The highest BCUT2D eigenvalue weighted by molar-refractivity contribution is 4.86. The Labute approximate surface area is 49.3 Å². The lowest BCUT2D eigenvalue weighted by molar-refractivity contribution is -0.240. The summed E-state index contributed by atoms with van der Waals surface area (Å²) in [5.41, 5.74) is 0.923. The lowest BCUT2D eigenvalue weighted by Gasteiger charge is -1.96. The predicted octanol–water partition coefficient (Wildman–Crippen LogP) is 1.65. The molecule has 0 aliphatic carbocycles. The van der Waals surface area contributed by atoms with Crippen LogP contribution in [0.5, 0.6) is 0 Å². The Kier molecular flexibility index (Phi) is 3.98. The van der Waals surface area contributed by atoms with Crippen LogP contribution in [0.2, 0.25) is 0 Å². The van der Waals surface area contributed by atoms with Crippen LogP contribution in [0, 0.1) is 0 Å². The Hall–Kier alpha value is -0.760. The molecule has 0 atom stereocenters. The maximum absolute atomic E-state index is 4.53. The van der Waals surface area contributed by atoms with Crippen LogP contribution in [-0.4, -0.2) is 6.61 Å². The molecular formula is C6H10O2. The van der Waals surface area contributed by atoms with E-state index in [9.17, 15) is 0 Å². The smallest absolute Gasteiger partial charge is 0.122 e. The highest BCUT2D eigenvalue weighted by Crippen LogP contribution is 1.87. The second-order valence-corrected chi connectivity index (χ2v) is 1.48. The molecule has 0 rings (SSSR count). The van der Waals surface area contributed by atoms with Crippen LogP contribution < -0.4 is 0 Å². The van der Waals surface area contributed by atoms with E-state index in [2.05, 4.69) is 22.9 Å². The second kappa shape index (κ2) is 4.40. The van der Waals surface area contributed by atoms with E-state index in [1.54, 1.807) is 0 Å². The Morgan fingerprint density at radius 1 is 1.75 bits per heavy atom. The number of rotatable bonds is 4. The molecule has 0 aliphatic heterocycles. The molecule has 0 radical (unpaired) electrons. The topological polar surface area (TPSA) is 18.5 Å². The van der Waals surface area contributed by atoms with Crippen molar-refractivity contribution in [1.29, 1.82) is 0 Å². The van der Waals surface area contributed by atoms with Gasteiger partial charge in [-0.15, -0.1) is 0 Å². The Bertz CT molecular complexity index is 86.5. The van der Waals surface area contributed by atoms with E-state index in [1.807, 2.05) is 6.92 Å². The lowest BCUT2D eigenvalue weighted by Crippen LogP contribution is -1.90. The fourth-order valence-electron chi connectivity index (χ4n) is 0.183. The van der Waals surface area contributed by atoms with E-state index in [1.165, 1.54) is 6.26 Å². The molecule has 8 heavy (non-hydrogen) atoms. The van der Waals surface area contributed by atoms with Crippen molar-refractivity contribution in [3.05, 3.63) is 25.0 Å². The average Bonchev–Trinajstić information content (AvgIpc) is 1.66. The van der Waals surface area contributed by atoms with Crippen molar-refractivity contribution in [2.24, 2.45) is 0 Å². The van der Waals surface area contributed by atoms with Gasteiger partial charge in [0.2, 0.25) is 0 Å². The van der Waals surface area contributed by atoms with Crippen LogP contribution in [0.15, 0.2) is 25.0 Å². The molecule has 0 saturated carbocycles. The maximum Gasteiger partial charge on any atom is 0.122 e. The van der Waals surface area contributed by atoms with E-state index < -0.39 is 0 Å². The van der Waals surface area contributed by atoms with Crippen molar-refractivity contribution in [1.82, 2.24) is 0 Å². The van der Waals surface area contributed by atoms with E-state index in [-0.39, 0.29) is 0 Å². The largest absolute Gasteiger partial charge is 0.346 e. The Morgan fingerprint density at radius 3 is 2.75 bits per heavy atom. The van der Waals surface area contributed by atoms with Crippen molar-refractivity contribution in [3.63, 3.8) is 0 Å². The van der Waals surface area contributed by atoms with Gasteiger partial charge < -0.3 is 4.89 Å². The minimum Gasteiger partial charge on any atom is -0.346 e. The van der Waals surface area contributed by atoms with Gasteiger partial charge in [0.15, 0.2) is 0 Å². The summed E-state index contributed by atoms with van der Waals surface area (Å²) in [6.45, 7) is 9.14. The zero-order valence-corrected chi connectivity index (χ0v) is 5.02. The Morgan fingerprint density at radius 2 is 2.38 bits per heavy atom. The molecule has 0 spiro atoms. The van der Waals surface area contributed by atoms with Crippen LogP contribution in [0.1, 0.15) is 6.92 Å². The third-order valence-electron chi connectivity index (χ3n) is 0.441. The molecule has 0 N–H and O–H groups in total. The summed E-state index contributed by atoms with van der Waals surface area (Å²) in [6.07, 6.45) is 1.23. The van der Waals surface area contributed by atoms with Gasteiger partial charge in [0.25, 0.3) is 0 Å². The molecule has 2 heteroatoms. The standard InChI is InChI=1S/C6H10O2/c1-4-7-8-5-6(2)3/h4H,1-2,5H2,3H3. The fourth-order valence-corrected chi connectivity index (χ4v) is 0.183. The van der Waals surface area contributed by atoms with Gasteiger partial charge in [-0.05, 0) is 6.92 Å². The molecule has 0 aromatic carbocycles. The lowest BCUT2D eigenvalue weighted by atomic mass is 10.4. The summed E-state index contributed by atoms with van der Waals surface area (Å²) >= 11 is 0. The Balaban J connectivity index is 2.93. The normalized spacial score (nSPS) is 8.12. The molecule has 0 fully saturated rings. The van der Waals surface area contributed by atoms with Gasteiger partial charge in [-0.2, -0.15) is 4.89 Å². The SMILES string of the molecule is C=COOCC(=C)C. The number of hydrogen-bond donors (Lipinski definition) is 0. The van der Waals surface area contributed by atoms with Crippen LogP contribution in [0.25, 0.3) is 0 Å². The zero-order valence-electron chi connectivity index (χ0n) is 5.02. The molecule has 0 saturated heterocycles. The molecule has 0 unspecified atom stereocenters. The molecule has 0 aromatic heterocycles. The second-order valence-electron chi connectivity index (χ2n) is 1.48. The minimum absolute atomic E-state index is 0.423. The van der Waals surface area contributed by atoms with Crippen LogP contribution in [0.3, 0.4) is 0 Å². The molecule has 2 nitrogen and oxygen atoms in total. The van der Waals surface area contributed by atoms with Gasteiger partial charge in [-0.1, -0.05) is 18.7 Å². The third-order valence-corrected chi connectivity index (χ3v) is 0.441. The van der Waals surface area contributed by atoms with Gasteiger partial charge in [-0.25, -0.2) is 0 Å². The van der Waals surface area contributed by atoms with E-state index in [4.69, 9.17) is 0 Å². The summed E-state index contributed by atoms with van der Waals surface area (Å²) in [5, 5.41) is 0. The molecule has 0 aromatic rings. The van der Waals surface area contributed by atoms with Gasteiger partial charge in [0.05, 0.1) is 0 Å². The van der Waals surface area contributed by atoms with Crippen molar-refractivity contribution < 1.29 is 9.78 Å². The monoisotopic (exact) mass is 114 g/mol. The summed E-state index contributed by atoms with van der Waals surface area (Å²) < 4.78 is 0. The first-order chi connectivity index (χ1) is 3.77. The molecule has 0 bridgehead atoms. The first kappa shape index (κ1) is 7.24. The molecular weight excluding hydrogens is 104 g/mol. The summed E-state index contributed by atoms with van der Waals surface area (Å²) in [7, 11) is 0. The molecule has 0 heterocycles. The van der Waals surface area contributed by atoms with Gasteiger partial charge >= 0.3 is 0 Å². The molecule has 0 aliphatic rings. The van der Waals surface area contributed by atoms with E-state index >= 15 is 0 Å². The highest BCUT2D eigenvalue weighted by Gasteiger charge is 1.82. The maximum atomic E-state index is 4.53. The molecule has 0 amide bonds. The van der Waals surface area contributed by atoms with E-state index in [0.29, 0.717) is 6.61 Å². The zero-order chi connectivity index (χ0) is 6.41. The van der Waals surface area contributed by atoms with Crippen molar-refractivity contribution in [2.45, 2.75) is 6.92 Å². The van der Waals surface area contributed by atoms with Crippen molar-refractivity contribution in [3.8, 4) is 0 Å². The van der Waals surface area contributed by atoms with Gasteiger partial charge in [0.1, 0.15) is 12.9 Å². The van der Waals surface area contributed by atoms with Crippen LogP contribution >= 0.6 is 0 Å². The molecule has 46 valence electrons. The summed E-state index contributed by atoms with van der Waals surface area (Å²) in [6, 6.07) is 0. The quantitative estimate of drug-likeness (QED) is 0.182. The fraction of sp³-hybridized carbons (Fsp3) is 0.333. The average molecular weight is 114 g/mol. The third kappa shape index (κ3) is 5.24. The minimum atomic E-state index is 0.423. The highest BCUT2D eigenvalue weighted by atomic mass is 17.2. The first-order valence-electron chi connectivity index (χ1n) is 2.31. The van der Waals surface area contributed by atoms with E-state index in [0.717, 1.165) is 5.57 Å². The van der Waals surface area contributed by atoms with Crippen molar-refractivity contribution in [2.75, 3.05) is 6.61 Å². The van der Waals surface area contributed by atoms with Gasteiger partial charge in [0, 0.05) is 0 Å². The van der Waals surface area contributed by atoms with Crippen LogP contribution in [-0.2, 0) is 9.78 Å². The van der Waals surface area contributed by atoms with Crippen molar-refractivity contribution >= 4 is 0 Å².